The third kappa shape index (κ3) is 2.81. The van der Waals surface area contributed by atoms with E-state index in [0.717, 1.165) is 43.5 Å². The van der Waals surface area contributed by atoms with Crippen molar-refractivity contribution in [3.05, 3.63) is 71.0 Å². The summed E-state index contributed by atoms with van der Waals surface area (Å²) in [5, 5.41) is 1.76. The van der Waals surface area contributed by atoms with Crippen LogP contribution in [0.5, 0.6) is 0 Å². The van der Waals surface area contributed by atoms with Crippen molar-refractivity contribution in [1.82, 2.24) is 14.5 Å². The third-order valence-electron chi connectivity index (χ3n) is 5.14. The van der Waals surface area contributed by atoms with Gasteiger partial charge in [0.05, 0.1) is 21.3 Å². The smallest absolute Gasteiger partial charge is 0.124 e. The van der Waals surface area contributed by atoms with E-state index in [0.29, 0.717) is 0 Å². The van der Waals surface area contributed by atoms with Crippen LogP contribution >= 0.6 is 22.9 Å². The number of nitrogens with zero attached hydrogens (tertiary/aromatic N) is 3. The van der Waals surface area contributed by atoms with Gasteiger partial charge >= 0.3 is 0 Å². The van der Waals surface area contributed by atoms with E-state index in [9.17, 15) is 0 Å². The second-order valence-electron chi connectivity index (χ2n) is 7.11. The molecule has 28 heavy (non-hydrogen) atoms. The van der Waals surface area contributed by atoms with Crippen LogP contribution in [0, 0.1) is 13.8 Å². The van der Waals surface area contributed by atoms with Gasteiger partial charge in [0.25, 0.3) is 0 Å². The number of hydrogen-bond donors (Lipinski definition) is 0. The van der Waals surface area contributed by atoms with E-state index < -0.39 is 0 Å². The minimum atomic E-state index is 0.747. The van der Waals surface area contributed by atoms with Gasteiger partial charge in [0.15, 0.2) is 0 Å². The average Bonchev–Trinajstić information content (AvgIpc) is 3.22. The first-order valence-electron chi connectivity index (χ1n) is 9.10. The SMILES string of the molecule is Cc1cc(-c2ccc(Cl)cc2)c2sc(-c3ccc4c(c3)nc(C)n4C)nc2c1. The van der Waals surface area contributed by atoms with Gasteiger partial charge in [-0.05, 0) is 67.4 Å². The van der Waals surface area contributed by atoms with E-state index in [2.05, 4.69) is 58.9 Å². The van der Waals surface area contributed by atoms with Crippen molar-refractivity contribution in [3.63, 3.8) is 0 Å². The standard InChI is InChI=1S/C23H18ClN3S/c1-13-10-18(15-4-7-17(24)8-5-15)22-20(11-13)26-23(28-22)16-6-9-21-19(12-16)25-14(2)27(21)3/h4-12H,1-3H3. The molecule has 138 valence electrons. The van der Waals surface area contributed by atoms with Crippen LogP contribution < -0.4 is 0 Å². The van der Waals surface area contributed by atoms with E-state index in [-0.39, 0.29) is 0 Å². The van der Waals surface area contributed by atoms with Crippen molar-refractivity contribution in [1.29, 1.82) is 0 Å². The first-order chi connectivity index (χ1) is 13.5. The molecule has 2 aromatic heterocycles. The summed E-state index contributed by atoms with van der Waals surface area (Å²) in [7, 11) is 2.04. The van der Waals surface area contributed by atoms with Crippen LogP contribution in [0.3, 0.4) is 0 Å². The molecule has 0 aliphatic carbocycles. The topological polar surface area (TPSA) is 30.7 Å². The lowest BCUT2D eigenvalue weighted by molar-refractivity contribution is 0.886. The Kier molecular flexibility index (Phi) is 4.00. The molecular weight excluding hydrogens is 386 g/mol. The van der Waals surface area contributed by atoms with Gasteiger partial charge in [-0.25, -0.2) is 9.97 Å². The molecule has 0 amide bonds. The highest BCUT2D eigenvalue weighted by Gasteiger charge is 2.14. The van der Waals surface area contributed by atoms with E-state index in [1.807, 2.05) is 26.1 Å². The van der Waals surface area contributed by atoms with Gasteiger partial charge in [-0.15, -0.1) is 11.3 Å². The van der Waals surface area contributed by atoms with Crippen LogP contribution in [0.25, 0.3) is 42.9 Å². The molecule has 0 aliphatic heterocycles. The summed E-state index contributed by atoms with van der Waals surface area (Å²) < 4.78 is 3.31. The van der Waals surface area contributed by atoms with E-state index >= 15 is 0 Å². The second kappa shape index (κ2) is 6.43. The summed E-state index contributed by atoms with van der Waals surface area (Å²) in [4.78, 5) is 9.61. The summed E-state index contributed by atoms with van der Waals surface area (Å²) >= 11 is 7.80. The Hall–Kier alpha value is -2.69. The maximum Gasteiger partial charge on any atom is 0.124 e. The molecule has 0 saturated carbocycles. The van der Waals surface area contributed by atoms with E-state index in [1.165, 1.54) is 15.8 Å². The van der Waals surface area contributed by atoms with Crippen molar-refractivity contribution >= 4 is 44.2 Å². The normalized spacial score (nSPS) is 11.6. The van der Waals surface area contributed by atoms with Gasteiger partial charge in [-0.1, -0.05) is 23.7 Å². The number of rotatable bonds is 2. The monoisotopic (exact) mass is 403 g/mol. The molecular formula is C23H18ClN3S. The maximum absolute atomic E-state index is 6.08. The molecule has 3 nitrogen and oxygen atoms in total. The summed E-state index contributed by atoms with van der Waals surface area (Å²) in [6, 6.07) is 18.8. The van der Waals surface area contributed by atoms with Crippen molar-refractivity contribution in [2.75, 3.05) is 0 Å². The highest BCUT2D eigenvalue weighted by molar-refractivity contribution is 7.22. The fourth-order valence-electron chi connectivity index (χ4n) is 3.59. The quantitative estimate of drug-likeness (QED) is 0.325. The Balaban J connectivity index is 1.69. The zero-order valence-electron chi connectivity index (χ0n) is 15.8. The fourth-order valence-corrected chi connectivity index (χ4v) is 4.80. The first kappa shape index (κ1) is 17.4. The highest BCUT2D eigenvalue weighted by atomic mass is 35.5. The lowest BCUT2D eigenvalue weighted by Crippen LogP contribution is -1.89. The summed E-state index contributed by atoms with van der Waals surface area (Å²) in [5.41, 5.74) is 7.83. The number of thiazole rings is 1. The Morgan fingerprint density at radius 2 is 1.61 bits per heavy atom. The molecule has 5 heteroatoms. The van der Waals surface area contributed by atoms with Gasteiger partial charge in [0.2, 0.25) is 0 Å². The maximum atomic E-state index is 6.08. The largest absolute Gasteiger partial charge is 0.331 e. The van der Waals surface area contributed by atoms with Crippen molar-refractivity contribution in [2.45, 2.75) is 13.8 Å². The molecule has 2 heterocycles. The van der Waals surface area contributed by atoms with Crippen LogP contribution in [-0.4, -0.2) is 14.5 Å². The van der Waals surface area contributed by atoms with Gasteiger partial charge in [0, 0.05) is 23.2 Å². The van der Waals surface area contributed by atoms with Gasteiger partial charge in [0.1, 0.15) is 10.8 Å². The van der Waals surface area contributed by atoms with Crippen LogP contribution in [-0.2, 0) is 7.05 Å². The molecule has 0 aliphatic rings. The Morgan fingerprint density at radius 3 is 2.39 bits per heavy atom. The fraction of sp³-hybridized carbons (Fsp3) is 0.130. The predicted octanol–water partition coefficient (Wildman–Crippen LogP) is 6.79. The van der Waals surface area contributed by atoms with Crippen molar-refractivity contribution in [2.24, 2.45) is 7.05 Å². The van der Waals surface area contributed by atoms with Crippen LogP contribution in [0.2, 0.25) is 5.02 Å². The number of imidazole rings is 1. The summed E-state index contributed by atoms with van der Waals surface area (Å²) in [6.07, 6.45) is 0. The van der Waals surface area contributed by atoms with Crippen LogP contribution in [0.1, 0.15) is 11.4 Å². The number of aromatic nitrogens is 3. The highest BCUT2D eigenvalue weighted by Crippen LogP contribution is 2.38. The molecule has 0 radical (unpaired) electrons. The van der Waals surface area contributed by atoms with E-state index in [1.54, 1.807) is 11.3 Å². The van der Waals surface area contributed by atoms with Crippen molar-refractivity contribution < 1.29 is 0 Å². The number of hydrogen-bond acceptors (Lipinski definition) is 3. The summed E-state index contributed by atoms with van der Waals surface area (Å²) in [6.45, 7) is 4.14. The molecule has 0 atom stereocenters. The number of benzene rings is 3. The number of halogens is 1. The van der Waals surface area contributed by atoms with Crippen LogP contribution in [0.15, 0.2) is 54.6 Å². The zero-order valence-corrected chi connectivity index (χ0v) is 17.4. The molecule has 0 saturated heterocycles. The third-order valence-corrected chi connectivity index (χ3v) is 6.55. The molecule has 3 aromatic carbocycles. The molecule has 5 aromatic rings. The number of aryl methyl sites for hydroxylation is 3. The van der Waals surface area contributed by atoms with Crippen molar-refractivity contribution in [3.8, 4) is 21.7 Å². The Labute approximate surface area is 172 Å². The molecule has 0 N–H and O–H groups in total. The zero-order chi connectivity index (χ0) is 19.4. The average molecular weight is 404 g/mol. The second-order valence-corrected chi connectivity index (χ2v) is 8.54. The predicted molar refractivity (Wildman–Crippen MR) is 119 cm³/mol. The van der Waals surface area contributed by atoms with Gasteiger partial charge < -0.3 is 4.57 Å². The first-order valence-corrected chi connectivity index (χ1v) is 10.3. The van der Waals surface area contributed by atoms with Crippen LogP contribution in [0.4, 0.5) is 0 Å². The number of fused-ring (bicyclic) bond motifs is 2. The Morgan fingerprint density at radius 1 is 0.857 bits per heavy atom. The van der Waals surface area contributed by atoms with Gasteiger partial charge in [-0.2, -0.15) is 0 Å². The van der Waals surface area contributed by atoms with Gasteiger partial charge in [-0.3, -0.25) is 0 Å². The minimum absolute atomic E-state index is 0.747. The Bertz CT molecular complexity index is 1350. The minimum Gasteiger partial charge on any atom is -0.331 e. The summed E-state index contributed by atoms with van der Waals surface area (Å²) in [5.74, 6) is 1.01. The molecule has 0 unspecified atom stereocenters. The van der Waals surface area contributed by atoms with E-state index in [4.69, 9.17) is 16.6 Å². The molecule has 0 fully saturated rings. The molecule has 5 rings (SSSR count). The lowest BCUT2D eigenvalue weighted by Gasteiger charge is -2.05. The lowest BCUT2D eigenvalue weighted by atomic mass is 10.0. The molecule has 0 spiro atoms. The molecule has 0 bridgehead atoms.